The number of pyridine rings is 1. The molecule has 1 aromatic heterocycles. The smallest absolute Gasteiger partial charge is 0.226 e. The number of hydrogen-bond donors (Lipinski definition) is 4. The van der Waals surface area contributed by atoms with E-state index >= 15 is 0 Å². The van der Waals surface area contributed by atoms with Crippen LogP contribution in [0.25, 0.3) is 0 Å². The monoisotopic (exact) mass is 407 g/mol. The van der Waals surface area contributed by atoms with Crippen molar-refractivity contribution in [2.24, 2.45) is 0 Å². The first kappa shape index (κ1) is 18.9. The van der Waals surface area contributed by atoms with Gasteiger partial charge >= 0.3 is 0 Å². The van der Waals surface area contributed by atoms with Gasteiger partial charge in [0, 0.05) is 30.1 Å². The van der Waals surface area contributed by atoms with Crippen LogP contribution >= 0.6 is 15.9 Å². The van der Waals surface area contributed by atoms with Crippen LogP contribution in [0.15, 0.2) is 47.1 Å². The standard InChI is InChI=1S/C17H18BrN3O4/c18-12-3-6-15(19-9-12)21-17(25)8-7-16(24)20-10-14(23)11-1-4-13(22)5-2-11/h1-6,9,14,22-23H,7-8,10H2,(H,20,24)(H,19,21,25). The van der Waals surface area contributed by atoms with Crippen molar-refractivity contribution in [1.82, 2.24) is 10.3 Å². The van der Waals surface area contributed by atoms with Crippen LogP contribution in [-0.4, -0.2) is 33.6 Å². The fourth-order valence-electron chi connectivity index (χ4n) is 2.00. The Balaban J connectivity index is 1.70. The largest absolute Gasteiger partial charge is 0.508 e. The SMILES string of the molecule is O=C(CCC(=O)Nc1ccc(Br)cn1)NCC(O)c1ccc(O)cc1. The predicted molar refractivity (Wildman–Crippen MR) is 95.9 cm³/mol. The average Bonchev–Trinajstić information content (AvgIpc) is 2.60. The number of carbonyl (C=O) groups is 2. The van der Waals surface area contributed by atoms with Crippen LogP contribution < -0.4 is 10.6 Å². The van der Waals surface area contributed by atoms with E-state index < -0.39 is 6.10 Å². The van der Waals surface area contributed by atoms with E-state index in [2.05, 4.69) is 31.5 Å². The molecule has 2 amide bonds. The Kier molecular flexibility index (Phi) is 6.91. The molecule has 1 atom stereocenters. The van der Waals surface area contributed by atoms with E-state index in [-0.39, 0.29) is 37.0 Å². The summed E-state index contributed by atoms with van der Waals surface area (Å²) in [6.45, 7) is 0.0273. The molecule has 0 bridgehead atoms. The lowest BCUT2D eigenvalue weighted by Gasteiger charge is -2.12. The van der Waals surface area contributed by atoms with Crippen LogP contribution in [0.5, 0.6) is 5.75 Å². The number of hydrogen-bond acceptors (Lipinski definition) is 5. The number of aliphatic hydroxyl groups is 1. The van der Waals surface area contributed by atoms with Gasteiger partial charge in [0.25, 0.3) is 0 Å². The Morgan fingerprint density at radius 2 is 1.76 bits per heavy atom. The average molecular weight is 408 g/mol. The van der Waals surface area contributed by atoms with E-state index in [0.717, 1.165) is 4.47 Å². The maximum atomic E-state index is 11.8. The van der Waals surface area contributed by atoms with Gasteiger partial charge in [0.2, 0.25) is 11.8 Å². The van der Waals surface area contributed by atoms with Gasteiger partial charge in [0.05, 0.1) is 6.10 Å². The molecule has 0 saturated heterocycles. The molecular weight excluding hydrogens is 390 g/mol. The summed E-state index contributed by atoms with van der Waals surface area (Å²) in [5.74, 6) is -0.136. The van der Waals surface area contributed by atoms with Gasteiger partial charge in [0.15, 0.2) is 0 Å². The minimum atomic E-state index is -0.884. The minimum absolute atomic E-state index is 0.00462. The molecule has 8 heteroatoms. The van der Waals surface area contributed by atoms with E-state index in [1.807, 2.05) is 0 Å². The number of rotatable bonds is 7. The highest BCUT2D eigenvalue weighted by atomic mass is 79.9. The van der Waals surface area contributed by atoms with Gasteiger partial charge in [-0.15, -0.1) is 0 Å². The summed E-state index contributed by atoms with van der Waals surface area (Å²) in [6, 6.07) is 9.47. The summed E-state index contributed by atoms with van der Waals surface area (Å²) >= 11 is 3.25. The van der Waals surface area contributed by atoms with Crippen molar-refractivity contribution in [3.8, 4) is 5.75 Å². The van der Waals surface area contributed by atoms with Crippen molar-refractivity contribution < 1.29 is 19.8 Å². The fraction of sp³-hybridized carbons (Fsp3) is 0.235. The van der Waals surface area contributed by atoms with Gasteiger partial charge in [-0.25, -0.2) is 4.98 Å². The topological polar surface area (TPSA) is 112 Å². The lowest BCUT2D eigenvalue weighted by Crippen LogP contribution is -2.29. The summed E-state index contributed by atoms with van der Waals surface area (Å²) in [5.41, 5.74) is 0.581. The zero-order valence-corrected chi connectivity index (χ0v) is 14.9. The molecule has 0 spiro atoms. The fourth-order valence-corrected chi connectivity index (χ4v) is 2.23. The molecule has 25 heavy (non-hydrogen) atoms. The minimum Gasteiger partial charge on any atom is -0.508 e. The molecule has 2 rings (SSSR count). The Bertz CT molecular complexity index is 720. The first-order valence-electron chi connectivity index (χ1n) is 7.59. The second-order valence-corrected chi connectivity index (χ2v) is 6.24. The number of aliphatic hydroxyl groups excluding tert-OH is 1. The molecule has 7 nitrogen and oxygen atoms in total. The molecule has 1 heterocycles. The third-order valence-electron chi connectivity index (χ3n) is 3.34. The highest BCUT2D eigenvalue weighted by molar-refractivity contribution is 9.10. The third-order valence-corrected chi connectivity index (χ3v) is 3.81. The van der Waals surface area contributed by atoms with Gasteiger partial charge in [-0.05, 0) is 45.8 Å². The van der Waals surface area contributed by atoms with Gasteiger partial charge in [-0.2, -0.15) is 0 Å². The van der Waals surface area contributed by atoms with E-state index in [9.17, 15) is 19.8 Å². The number of nitrogens with zero attached hydrogens (tertiary/aromatic N) is 1. The molecule has 0 aliphatic carbocycles. The number of halogens is 1. The molecular formula is C17H18BrN3O4. The third kappa shape index (κ3) is 6.52. The molecule has 0 aliphatic rings. The summed E-state index contributed by atoms with van der Waals surface area (Å²) < 4.78 is 0.803. The summed E-state index contributed by atoms with van der Waals surface area (Å²) in [4.78, 5) is 27.6. The van der Waals surface area contributed by atoms with Crippen LogP contribution in [0.4, 0.5) is 5.82 Å². The van der Waals surface area contributed by atoms with E-state index in [0.29, 0.717) is 11.4 Å². The van der Waals surface area contributed by atoms with Gasteiger partial charge < -0.3 is 20.8 Å². The van der Waals surface area contributed by atoms with Crippen LogP contribution in [0.1, 0.15) is 24.5 Å². The summed E-state index contributed by atoms with van der Waals surface area (Å²) in [5, 5.41) is 24.3. The van der Waals surface area contributed by atoms with Crippen molar-refractivity contribution in [1.29, 1.82) is 0 Å². The molecule has 1 unspecified atom stereocenters. The first-order valence-corrected chi connectivity index (χ1v) is 8.38. The van der Waals surface area contributed by atoms with Crippen molar-refractivity contribution in [3.63, 3.8) is 0 Å². The molecule has 1 aromatic carbocycles. The van der Waals surface area contributed by atoms with Crippen molar-refractivity contribution in [3.05, 3.63) is 52.6 Å². The number of aromatic nitrogens is 1. The number of phenolic OH excluding ortho intramolecular Hbond substituents is 1. The first-order chi connectivity index (χ1) is 11.9. The van der Waals surface area contributed by atoms with Crippen LogP contribution in [0, 0.1) is 0 Å². The number of nitrogens with one attached hydrogen (secondary N) is 2. The number of carbonyl (C=O) groups excluding carboxylic acids is 2. The Morgan fingerprint density at radius 3 is 2.40 bits per heavy atom. The highest BCUT2D eigenvalue weighted by Gasteiger charge is 2.11. The molecule has 4 N–H and O–H groups in total. The van der Waals surface area contributed by atoms with Crippen molar-refractivity contribution in [2.75, 3.05) is 11.9 Å². The number of aromatic hydroxyl groups is 1. The number of amides is 2. The van der Waals surface area contributed by atoms with Crippen LogP contribution in [0.3, 0.4) is 0 Å². The number of anilines is 1. The zero-order chi connectivity index (χ0) is 18.2. The predicted octanol–water partition coefficient (Wildman–Crippen LogP) is 2.12. The lowest BCUT2D eigenvalue weighted by atomic mass is 10.1. The molecule has 132 valence electrons. The van der Waals surface area contributed by atoms with Crippen LogP contribution in [0.2, 0.25) is 0 Å². The number of phenols is 1. The van der Waals surface area contributed by atoms with Gasteiger partial charge in [-0.1, -0.05) is 12.1 Å². The van der Waals surface area contributed by atoms with Crippen molar-refractivity contribution in [2.45, 2.75) is 18.9 Å². The Labute approximate surface area is 153 Å². The normalized spacial score (nSPS) is 11.6. The lowest BCUT2D eigenvalue weighted by molar-refractivity contribution is -0.124. The quantitative estimate of drug-likeness (QED) is 0.561. The summed E-state index contributed by atoms with van der Waals surface area (Å²) in [7, 11) is 0. The van der Waals surface area contributed by atoms with Gasteiger partial charge in [-0.3, -0.25) is 9.59 Å². The zero-order valence-electron chi connectivity index (χ0n) is 13.3. The summed E-state index contributed by atoms with van der Waals surface area (Å²) in [6.07, 6.45) is 0.696. The number of benzene rings is 1. The second-order valence-electron chi connectivity index (χ2n) is 5.32. The molecule has 0 saturated carbocycles. The maximum absolute atomic E-state index is 11.8. The van der Waals surface area contributed by atoms with Gasteiger partial charge in [0.1, 0.15) is 11.6 Å². The Hall–Kier alpha value is -2.45. The molecule has 0 fully saturated rings. The molecule has 2 aromatic rings. The Morgan fingerprint density at radius 1 is 1.08 bits per heavy atom. The van der Waals surface area contributed by atoms with Crippen LogP contribution in [-0.2, 0) is 9.59 Å². The van der Waals surface area contributed by atoms with Crippen molar-refractivity contribution >= 4 is 33.6 Å². The van der Waals surface area contributed by atoms with E-state index in [4.69, 9.17) is 0 Å². The molecule has 0 radical (unpaired) electrons. The second kappa shape index (κ2) is 9.14. The van der Waals surface area contributed by atoms with E-state index in [1.165, 1.54) is 12.1 Å². The van der Waals surface area contributed by atoms with E-state index in [1.54, 1.807) is 30.5 Å². The maximum Gasteiger partial charge on any atom is 0.226 e. The highest BCUT2D eigenvalue weighted by Crippen LogP contribution is 2.16. The molecule has 0 aliphatic heterocycles.